The van der Waals surface area contributed by atoms with E-state index in [2.05, 4.69) is 5.32 Å². The Bertz CT molecular complexity index is 1740. The van der Waals surface area contributed by atoms with Crippen molar-refractivity contribution in [3.8, 4) is 0 Å². The summed E-state index contributed by atoms with van der Waals surface area (Å²) in [5.74, 6) is -0.741. The molecule has 0 radical (unpaired) electrons. The monoisotopic (exact) mass is 657 g/mol. The molecular weight excluding hydrogens is 618 g/mol. The summed E-state index contributed by atoms with van der Waals surface area (Å²) in [7, 11) is -4.20. The van der Waals surface area contributed by atoms with Crippen molar-refractivity contribution in [2.45, 2.75) is 69.5 Å². The van der Waals surface area contributed by atoms with Gasteiger partial charge in [-0.05, 0) is 67.6 Å². The molecule has 46 heavy (non-hydrogen) atoms. The molecule has 5 rings (SSSR count). The Labute approximate surface area is 277 Å². The van der Waals surface area contributed by atoms with Crippen molar-refractivity contribution in [1.82, 2.24) is 10.2 Å². The van der Waals surface area contributed by atoms with E-state index in [9.17, 15) is 18.0 Å². The van der Waals surface area contributed by atoms with Crippen molar-refractivity contribution >= 4 is 39.1 Å². The summed E-state index contributed by atoms with van der Waals surface area (Å²) in [5.41, 5.74) is 3.63. The van der Waals surface area contributed by atoms with E-state index in [0.717, 1.165) is 46.7 Å². The molecule has 0 heterocycles. The van der Waals surface area contributed by atoms with E-state index >= 15 is 0 Å². The lowest BCUT2D eigenvalue weighted by molar-refractivity contribution is -0.140. The predicted octanol–water partition coefficient (Wildman–Crippen LogP) is 6.85. The van der Waals surface area contributed by atoms with E-state index in [0.29, 0.717) is 16.3 Å². The highest BCUT2D eigenvalue weighted by molar-refractivity contribution is 7.92. The number of hydrogen-bond acceptors (Lipinski definition) is 4. The number of amides is 2. The van der Waals surface area contributed by atoms with Gasteiger partial charge in [0.05, 0.1) is 10.6 Å². The van der Waals surface area contributed by atoms with Crippen LogP contribution in [0.2, 0.25) is 5.02 Å². The minimum Gasteiger partial charge on any atom is -0.352 e. The average Bonchev–Trinajstić information content (AvgIpc) is 3.57. The van der Waals surface area contributed by atoms with Crippen LogP contribution < -0.4 is 9.62 Å². The zero-order chi connectivity index (χ0) is 32.7. The summed E-state index contributed by atoms with van der Waals surface area (Å²) >= 11 is 6.47. The summed E-state index contributed by atoms with van der Waals surface area (Å²) in [6.45, 7) is 3.32. The van der Waals surface area contributed by atoms with Crippen molar-refractivity contribution in [3.05, 3.63) is 130 Å². The second kappa shape index (κ2) is 15.0. The normalized spacial score (nSPS) is 14.1. The summed E-state index contributed by atoms with van der Waals surface area (Å²) in [6, 6.07) is 29.6. The molecule has 2 amide bonds. The zero-order valence-electron chi connectivity index (χ0n) is 26.2. The Balaban J connectivity index is 1.58. The summed E-state index contributed by atoms with van der Waals surface area (Å²) in [4.78, 5) is 30.4. The molecule has 0 aliphatic heterocycles. The van der Waals surface area contributed by atoms with Crippen LogP contribution in [0.1, 0.15) is 47.9 Å². The maximum Gasteiger partial charge on any atom is 0.264 e. The van der Waals surface area contributed by atoms with Gasteiger partial charge >= 0.3 is 0 Å². The number of carbonyl (C=O) groups is 2. The fraction of sp³-hybridized carbons (Fsp3) is 0.297. The Morgan fingerprint density at radius 3 is 2.11 bits per heavy atom. The van der Waals surface area contributed by atoms with Gasteiger partial charge in [-0.15, -0.1) is 0 Å². The Hall–Kier alpha value is -4.14. The predicted molar refractivity (Wildman–Crippen MR) is 183 cm³/mol. The lowest BCUT2D eigenvalue weighted by Gasteiger charge is -2.34. The molecule has 1 atom stereocenters. The molecule has 0 spiro atoms. The van der Waals surface area contributed by atoms with Crippen molar-refractivity contribution < 1.29 is 18.0 Å². The first-order chi connectivity index (χ1) is 22.1. The molecule has 0 aromatic heterocycles. The van der Waals surface area contributed by atoms with Crippen molar-refractivity contribution in [3.63, 3.8) is 0 Å². The number of sulfonamides is 1. The second-order valence-electron chi connectivity index (χ2n) is 11.9. The number of nitrogens with one attached hydrogen (secondary N) is 1. The number of halogens is 1. The zero-order valence-corrected chi connectivity index (χ0v) is 27.8. The van der Waals surface area contributed by atoms with Crippen LogP contribution in [0.4, 0.5) is 5.69 Å². The lowest BCUT2D eigenvalue weighted by atomic mass is 10.0. The van der Waals surface area contributed by atoms with E-state index in [1.807, 2.05) is 61.5 Å². The van der Waals surface area contributed by atoms with Gasteiger partial charge in [0.25, 0.3) is 10.0 Å². The molecule has 1 N–H and O–H groups in total. The van der Waals surface area contributed by atoms with E-state index in [1.165, 1.54) is 17.0 Å². The van der Waals surface area contributed by atoms with Gasteiger partial charge in [0.2, 0.25) is 11.8 Å². The van der Waals surface area contributed by atoms with Gasteiger partial charge in [-0.3, -0.25) is 13.9 Å². The molecule has 240 valence electrons. The third kappa shape index (κ3) is 7.98. The molecule has 1 saturated carbocycles. The highest BCUT2D eigenvalue weighted by Gasteiger charge is 2.36. The minimum absolute atomic E-state index is 0.0474. The maximum absolute atomic E-state index is 14.7. The molecule has 1 fully saturated rings. The van der Waals surface area contributed by atoms with Crippen LogP contribution in [-0.4, -0.2) is 43.8 Å². The van der Waals surface area contributed by atoms with Crippen LogP contribution in [0.25, 0.3) is 0 Å². The molecule has 9 heteroatoms. The van der Waals surface area contributed by atoms with Crippen LogP contribution in [-0.2, 0) is 32.6 Å². The molecule has 4 aromatic carbocycles. The Morgan fingerprint density at radius 2 is 1.46 bits per heavy atom. The number of nitrogens with zero attached hydrogens (tertiary/aromatic N) is 2. The van der Waals surface area contributed by atoms with Crippen molar-refractivity contribution in [1.29, 1.82) is 0 Å². The third-order valence-electron chi connectivity index (χ3n) is 8.56. The van der Waals surface area contributed by atoms with Crippen LogP contribution in [0.5, 0.6) is 0 Å². The van der Waals surface area contributed by atoms with Crippen LogP contribution >= 0.6 is 11.6 Å². The Morgan fingerprint density at radius 1 is 0.826 bits per heavy atom. The third-order valence-corrected chi connectivity index (χ3v) is 10.7. The van der Waals surface area contributed by atoms with Gasteiger partial charge in [-0.25, -0.2) is 8.42 Å². The second-order valence-corrected chi connectivity index (χ2v) is 14.2. The topological polar surface area (TPSA) is 86.8 Å². The number of carbonyl (C=O) groups excluding carboxylic acids is 2. The molecule has 7 nitrogen and oxygen atoms in total. The van der Waals surface area contributed by atoms with Crippen LogP contribution in [0, 0.1) is 13.8 Å². The summed E-state index contributed by atoms with van der Waals surface area (Å²) < 4.78 is 29.5. The average molecular weight is 658 g/mol. The van der Waals surface area contributed by atoms with Gasteiger partial charge in [-0.2, -0.15) is 0 Å². The lowest BCUT2D eigenvalue weighted by Crippen LogP contribution is -2.54. The van der Waals surface area contributed by atoms with Gasteiger partial charge in [0.15, 0.2) is 0 Å². The first-order valence-corrected chi connectivity index (χ1v) is 17.5. The highest BCUT2D eigenvalue weighted by Crippen LogP contribution is 2.31. The van der Waals surface area contributed by atoms with E-state index in [4.69, 9.17) is 11.6 Å². The first kappa shape index (κ1) is 33.2. The summed E-state index contributed by atoms with van der Waals surface area (Å²) in [6.07, 6.45) is 4.16. The molecular formula is C37H40ClN3O4S. The SMILES string of the molecule is Cc1ccc(CN(C(=O)CN(c2cccc(Cl)c2C)S(=O)(=O)c2ccccc2)[C@H](Cc2ccccc2)C(=O)NC2CCCC2)cc1. The molecule has 0 saturated heterocycles. The van der Waals surface area contributed by atoms with Crippen molar-refractivity contribution in [2.75, 3.05) is 10.8 Å². The number of aryl methyl sites for hydroxylation is 1. The number of anilines is 1. The molecule has 1 aliphatic carbocycles. The fourth-order valence-corrected chi connectivity index (χ4v) is 7.57. The first-order valence-electron chi connectivity index (χ1n) is 15.7. The number of hydrogen-bond donors (Lipinski definition) is 1. The fourth-order valence-electron chi connectivity index (χ4n) is 5.91. The molecule has 0 unspecified atom stereocenters. The molecule has 1 aliphatic rings. The minimum atomic E-state index is -4.20. The van der Waals surface area contributed by atoms with Gasteiger partial charge < -0.3 is 10.2 Å². The van der Waals surface area contributed by atoms with Crippen LogP contribution in [0.15, 0.2) is 108 Å². The Kier molecular flexibility index (Phi) is 10.8. The highest BCUT2D eigenvalue weighted by atomic mass is 35.5. The smallest absolute Gasteiger partial charge is 0.264 e. The maximum atomic E-state index is 14.7. The van der Waals surface area contributed by atoms with Crippen molar-refractivity contribution in [2.24, 2.45) is 0 Å². The summed E-state index contributed by atoms with van der Waals surface area (Å²) in [5, 5.41) is 3.59. The molecule has 0 bridgehead atoms. The van der Waals surface area contributed by atoms with Gasteiger partial charge in [0.1, 0.15) is 12.6 Å². The largest absolute Gasteiger partial charge is 0.352 e. The number of rotatable bonds is 12. The van der Waals surface area contributed by atoms with Crippen LogP contribution in [0.3, 0.4) is 0 Å². The quantitative estimate of drug-likeness (QED) is 0.181. The standard InChI is InChI=1S/C37H40ClN3O4S/c1-27-20-22-30(23-21-27)25-40(35(24-29-12-5-3-6-13-29)37(43)39-31-14-9-10-15-31)36(42)26-41(34-19-11-18-33(38)28(34)2)46(44,45)32-16-7-4-8-17-32/h3-8,11-13,16-23,31,35H,9-10,14-15,24-26H2,1-2H3,(H,39,43)/t35-/m1/s1. The van der Waals surface area contributed by atoms with E-state index < -0.39 is 28.5 Å². The van der Waals surface area contributed by atoms with Gasteiger partial charge in [0, 0.05) is 24.0 Å². The van der Waals surface area contributed by atoms with E-state index in [1.54, 1.807) is 43.3 Å². The van der Waals surface area contributed by atoms with E-state index in [-0.39, 0.29) is 29.8 Å². The number of benzene rings is 4. The van der Waals surface area contributed by atoms with Gasteiger partial charge in [-0.1, -0.05) is 109 Å². The molecule has 4 aromatic rings.